The quantitative estimate of drug-likeness (QED) is 0.475. The lowest BCUT2D eigenvalue weighted by Crippen LogP contribution is -2.37. The van der Waals surface area contributed by atoms with Gasteiger partial charge < -0.3 is 20.3 Å². The number of aliphatic hydroxyl groups excluding tert-OH is 1. The highest BCUT2D eigenvalue weighted by Gasteiger charge is 2.34. The number of hydrogen-bond acceptors (Lipinski definition) is 6. The molecule has 0 radical (unpaired) electrons. The number of allylic oxidation sites excluding steroid dienone is 2. The molecule has 1 amide bonds. The van der Waals surface area contributed by atoms with Crippen molar-refractivity contribution in [2.24, 2.45) is 10.4 Å². The molecule has 1 atom stereocenters. The summed E-state index contributed by atoms with van der Waals surface area (Å²) < 4.78 is 4.69. The van der Waals surface area contributed by atoms with Crippen molar-refractivity contribution in [3.63, 3.8) is 0 Å². The van der Waals surface area contributed by atoms with Crippen molar-refractivity contribution in [3.05, 3.63) is 24.0 Å². The molecule has 0 aliphatic heterocycles. The predicted molar refractivity (Wildman–Crippen MR) is 91.8 cm³/mol. The van der Waals surface area contributed by atoms with Gasteiger partial charge in [-0.1, -0.05) is 26.5 Å². The van der Waals surface area contributed by atoms with E-state index in [1.807, 2.05) is 13.8 Å². The number of aliphatic carboxylic acids is 1. The first-order valence-corrected chi connectivity index (χ1v) is 7.82. The van der Waals surface area contributed by atoms with E-state index in [4.69, 9.17) is 0 Å². The standard InChI is InChI=1S/C17H24N2O6/c1-5-6-25-16(24)18-9-11(15(22)23)19-10(2)14-12(20)7-17(3,4)8-13(14)21/h5,11,20H,1,6-9H2,2-4H3,(H,18,24)(H,22,23)/t11-/m1/s1. The summed E-state index contributed by atoms with van der Waals surface area (Å²) in [5, 5.41) is 21.7. The molecule has 25 heavy (non-hydrogen) atoms. The van der Waals surface area contributed by atoms with Crippen molar-refractivity contribution in [2.75, 3.05) is 13.2 Å². The third kappa shape index (κ3) is 6.06. The molecule has 0 fully saturated rings. The topological polar surface area (TPSA) is 125 Å². The molecule has 1 aliphatic carbocycles. The summed E-state index contributed by atoms with van der Waals surface area (Å²) in [5.74, 6) is -1.64. The smallest absolute Gasteiger partial charge is 0.407 e. The van der Waals surface area contributed by atoms with Gasteiger partial charge in [-0.05, 0) is 12.3 Å². The van der Waals surface area contributed by atoms with Gasteiger partial charge in [0.25, 0.3) is 0 Å². The van der Waals surface area contributed by atoms with E-state index >= 15 is 0 Å². The number of carboxylic acid groups (broad SMARTS) is 1. The molecule has 0 aromatic heterocycles. The lowest BCUT2D eigenvalue weighted by Gasteiger charge is -2.29. The maximum Gasteiger partial charge on any atom is 0.407 e. The lowest BCUT2D eigenvalue weighted by atomic mass is 9.76. The molecule has 3 N–H and O–H groups in total. The molecular weight excluding hydrogens is 328 g/mol. The second-order valence-electron chi connectivity index (χ2n) is 6.60. The monoisotopic (exact) mass is 352 g/mol. The minimum absolute atomic E-state index is 0.00306. The number of carbonyl (C=O) groups excluding carboxylic acids is 2. The Morgan fingerprint density at radius 2 is 2.08 bits per heavy atom. The molecule has 1 aliphatic rings. The van der Waals surface area contributed by atoms with Crippen molar-refractivity contribution in [2.45, 2.75) is 39.7 Å². The molecule has 0 unspecified atom stereocenters. The van der Waals surface area contributed by atoms with E-state index in [9.17, 15) is 24.6 Å². The van der Waals surface area contributed by atoms with Gasteiger partial charge in [-0.15, -0.1) is 0 Å². The van der Waals surface area contributed by atoms with Crippen molar-refractivity contribution in [1.82, 2.24) is 5.32 Å². The van der Waals surface area contributed by atoms with Gasteiger partial charge in [-0.2, -0.15) is 0 Å². The second-order valence-corrected chi connectivity index (χ2v) is 6.60. The van der Waals surface area contributed by atoms with E-state index in [2.05, 4.69) is 21.6 Å². The molecule has 0 heterocycles. The molecule has 1 rings (SSSR count). The summed E-state index contributed by atoms with van der Waals surface area (Å²) in [4.78, 5) is 38.9. The van der Waals surface area contributed by atoms with Crippen LogP contribution in [0.1, 0.15) is 33.6 Å². The number of amides is 1. The Bertz CT molecular complexity index is 633. The summed E-state index contributed by atoms with van der Waals surface area (Å²) in [6.07, 6.45) is 1.13. The molecule has 0 aromatic carbocycles. The molecule has 0 bridgehead atoms. The Morgan fingerprint density at radius 3 is 2.60 bits per heavy atom. The average Bonchev–Trinajstić information content (AvgIpc) is 2.46. The molecule has 0 spiro atoms. The molecule has 0 saturated carbocycles. The van der Waals surface area contributed by atoms with Crippen LogP contribution in [-0.4, -0.2) is 53.0 Å². The molecule has 8 nitrogen and oxygen atoms in total. The number of alkyl carbamates (subject to hydrolysis) is 1. The first-order valence-electron chi connectivity index (χ1n) is 7.82. The number of aliphatic hydroxyl groups is 1. The van der Waals surface area contributed by atoms with Crippen molar-refractivity contribution >= 4 is 23.6 Å². The maximum atomic E-state index is 12.3. The number of carboxylic acids is 1. The van der Waals surface area contributed by atoms with E-state index in [0.717, 1.165) is 0 Å². The van der Waals surface area contributed by atoms with Crippen LogP contribution in [0.15, 0.2) is 29.0 Å². The average molecular weight is 352 g/mol. The Kier molecular flexibility index (Phi) is 6.90. The van der Waals surface area contributed by atoms with E-state index in [1.165, 1.54) is 13.0 Å². The maximum absolute atomic E-state index is 12.3. The first-order chi connectivity index (χ1) is 11.6. The summed E-state index contributed by atoms with van der Waals surface area (Å²) >= 11 is 0. The fraction of sp³-hybridized carbons (Fsp3) is 0.529. The summed E-state index contributed by atoms with van der Waals surface area (Å²) in [5.41, 5.74) is -0.167. The minimum Gasteiger partial charge on any atom is -0.511 e. The second kappa shape index (κ2) is 8.46. The van der Waals surface area contributed by atoms with E-state index in [-0.39, 0.29) is 47.8 Å². The Labute approximate surface area is 146 Å². The Morgan fingerprint density at radius 1 is 1.44 bits per heavy atom. The van der Waals surface area contributed by atoms with Crippen LogP contribution in [0, 0.1) is 5.41 Å². The third-order valence-corrected chi connectivity index (χ3v) is 3.62. The number of nitrogens with zero attached hydrogens (tertiary/aromatic N) is 1. The Balaban J connectivity index is 2.91. The number of ketones is 1. The van der Waals surface area contributed by atoms with E-state index in [1.54, 1.807) is 0 Å². The summed E-state index contributed by atoms with van der Waals surface area (Å²) in [6, 6.07) is -1.31. The zero-order chi connectivity index (χ0) is 19.2. The number of nitrogens with one attached hydrogen (secondary N) is 1. The van der Waals surface area contributed by atoms with Crippen LogP contribution in [0.4, 0.5) is 4.79 Å². The first kappa shape index (κ1) is 20.4. The lowest BCUT2D eigenvalue weighted by molar-refractivity contribution is -0.138. The van der Waals surface area contributed by atoms with Crippen molar-refractivity contribution in [1.29, 1.82) is 0 Å². The number of rotatable bonds is 7. The van der Waals surface area contributed by atoms with Gasteiger partial charge >= 0.3 is 12.1 Å². The van der Waals surface area contributed by atoms with Crippen molar-refractivity contribution in [3.8, 4) is 0 Å². The number of carbonyl (C=O) groups is 3. The van der Waals surface area contributed by atoms with Crippen LogP contribution >= 0.6 is 0 Å². The molecular formula is C17H24N2O6. The number of hydrogen-bond donors (Lipinski definition) is 3. The van der Waals surface area contributed by atoms with Crippen LogP contribution < -0.4 is 5.32 Å². The summed E-state index contributed by atoms with van der Waals surface area (Å²) in [6.45, 7) is 8.27. The highest BCUT2D eigenvalue weighted by Crippen LogP contribution is 2.36. The van der Waals surface area contributed by atoms with Gasteiger partial charge in [0, 0.05) is 18.6 Å². The number of ether oxygens (including phenoxy) is 1. The minimum atomic E-state index is -1.31. The third-order valence-electron chi connectivity index (χ3n) is 3.62. The zero-order valence-electron chi connectivity index (χ0n) is 14.7. The number of aliphatic imine (C=N–C) groups is 1. The normalized spacial score (nSPS) is 18.5. The highest BCUT2D eigenvalue weighted by molar-refractivity contribution is 6.22. The summed E-state index contributed by atoms with van der Waals surface area (Å²) in [7, 11) is 0. The van der Waals surface area contributed by atoms with E-state index in [0.29, 0.717) is 6.42 Å². The fourth-order valence-electron chi connectivity index (χ4n) is 2.55. The van der Waals surface area contributed by atoms with E-state index < -0.39 is 18.1 Å². The molecule has 8 heteroatoms. The zero-order valence-corrected chi connectivity index (χ0v) is 14.7. The van der Waals surface area contributed by atoms with Crippen LogP contribution in [0.5, 0.6) is 0 Å². The van der Waals surface area contributed by atoms with Gasteiger partial charge in [-0.3, -0.25) is 9.79 Å². The van der Waals surface area contributed by atoms with Crippen molar-refractivity contribution < 1.29 is 29.3 Å². The molecule has 138 valence electrons. The SMILES string of the molecule is C=CCOC(=O)NC[C@@H](N=C(C)C1=C(O)CC(C)(C)CC1=O)C(=O)O. The van der Waals surface area contributed by atoms with Crippen LogP contribution in [0.2, 0.25) is 0 Å². The highest BCUT2D eigenvalue weighted by atomic mass is 16.5. The predicted octanol–water partition coefficient (Wildman–Crippen LogP) is 2.01. The van der Waals surface area contributed by atoms with Gasteiger partial charge in [0.2, 0.25) is 0 Å². The van der Waals surface area contributed by atoms with Gasteiger partial charge in [0.1, 0.15) is 12.4 Å². The van der Waals surface area contributed by atoms with Gasteiger partial charge in [0.05, 0.1) is 12.1 Å². The molecule has 0 saturated heterocycles. The molecule has 0 aromatic rings. The van der Waals surface area contributed by atoms with Crippen LogP contribution in [0.3, 0.4) is 0 Å². The fourth-order valence-corrected chi connectivity index (χ4v) is 2.55. The van der Waals surface area contributed by atoms with Crippen LogP contribution in [-0.2, 0) is 14.3 Å². The van der Waals surface area contributed by atoms with Gasteiger partial charge in [0.15, 0.2) is 11.8 Å². The van der Waals surface area contributed by atoms with Gasteiger partial charge in [-0.25, -0.2) is 9.59 Å². The van der Waals surface area contributed by atoms with Crippen LogP contribution in [0.25, 0.3) is 0 Å². The Hall–Kier alpha value is -2.64. The number of Topliss-reactive ketones (excluding diaryl/α,β-unsaturated/α-hetero) is 1. The largest absolute Gasteiger partial charge is 0.511 e.